The highest BCUT2D eigenvalue weighted by Gasteiger charge is 2.29. The van der Waals surface area contributed by atoms with Crippen LogP contribution in [0.3, 0.4) is 0 Å². The Bertz CT molecular complexity index is 798. The molecule has 0 saturated carbocycles. The maximum atomic E-state index is 13.0. The van der Waals surface area contributed by atoms with Crippen LogP contribution in [0.5, 0.6) is 0 Å². The molecule has 0 unspecified atom stereocenters. The van der Waals surface area contributed by atoms with Crippen molar-refractivity contribution < 1.29 is 29.0 Å². The van der Waals surface area contributed by atoms with E-state index in [1.165, 1.54) is 43.9 Å². The van der Waals surface area contributed by atoms with E-state index in [4.69, 9.17) is 9.84 Å². The molecule has 8 heteroatoms. The van der Waals surface area contributed by atoms with Crippen LogP contribution >= 0.6 is 0 Å². The summed E-state index contributed by atoms with van der Waals surface area (Å²) in [5.41, 5.74) is 0.946. The largest absolute Gasteiger partial charge is 0.481 e. The number of aliphatic carboxylic acids is 1. The summed E-state index contributed by atoms with van der Waals surface area (Å²) in [5.74, 6) is -2.08. The first kappa shape index (κ1) is 31.3. The predicted octanol–water partition coefficient (Wildman–Crippen LogP) is 4.50. The number of likely N-dealkylation sites (N-methyl/N-ethyl adjacent to an activating group) is 1. The normalized spacial score (nSPS) is 12.5. The van der Waals surface area contributed by atoms with Crippen molar-refractivity contribution in [1.29, 1.82) is 0 Å². The standard InChI is InChI=1S/C28H44N2O6/c1-4-5-6-7-8-9-10-14-17-26(32)30(3)24(21-36-20-23-15-12-11-13-16-23)28(35)29-22(2)25(31)18-19-27(33)34/h11-13,15-16,22,24H,4-10,14,17-21H2,1-3H3,(H,29,35)(H,33,34)/t22-,24-/m1/s1. The number of ether oxygens (including phenoxy) is 1. The lowest BCUT2D eigenvalue weighted by Gasteiger charge is -2.28. The summed E-state index contributed by atoms with van der Waals surface area (Å²) in [6.07, 6.45) is 8.88. The molecular formula is C28H44N2O6. The van der Waals surface area contributed by atoms with Gasteiger partial charge in [0.05, 0.1) is 25.7 Å². The van der Waals surface area contributed by atoms with Crippen LogP contribution in [-0.2, 0) is 30.5 Å². The maximum absolute atomic E-state index is 13.0. The third-order valence-corrected chi connectivity index (χ3v) is 6.22. The van der Waals surface area contributed by atoms with Crippen molar-refractivity contribution in [1.82, 2.24) is 10.2 Å². The van der Waals surface area contributed by atoms with Gasteiger partial charge in [-0.1, -0.05) is 82.2 Å². The van der Waals surface area contributed by atoms with Crippen LogP contribution in [-0.4, -0.2) is 59.3 Å². The molecule has 0 aromatic heterocycles. The number of hydrogen-bond acceptors (Lipinski definition) is 5. The van der Waals surface area contributed by atoms with Gasteiger partial charge < -0.3 is 20.1 Å². The average Bonchev–Trinajstić information content (AvgIpc) is 2.86. The van der Waals surface area contributed by atoms with Crippen molar-refractivity contribution in [2.24, 2.45) is 0 Å². The smallest absolute Gasteiger partial charge is 0.303 e. The van der Waals surface area contributed by atoms with E-state index in [1.807, 2.05) is 30.3 Å². The van der Waals surface area contributed by atoms with Crippen LogP contribution in [0, 0.1) is 0 Å². The number of unbranched alkanes of at least 4 members (excludes halogenated alkanes) is 7. The fourth-order valence-electron chi connectivity index (χ4n) is 3.82. The quantitative estimate of drug-likeness (QED) is 0.253. The molecule has 2 N–H and O–H groups in total. The Morgan fingerprint density at radius 3 is 2.14 bits per heavy atom. The van der Waals surface area contributed by atoms with Crippen LogP contribution < -0.4 is 5.32 Å². The van der Waals surface area contributed by atoms with Crippen molar-refractivity contribution in [2.75, 3.05) is 13.7 Å². The minimum absolute atomic E-state index is 0.0174. The van der Waals surface area contributed by atoms with E-state index in [1.54, 1.807) is 7.05 Å². The Hall–Kier alpha value is -2.74. The lowest BCUT2D eigenvalue weighted by molar-refractivity contribution is -0.142. The first-order valence-electron chi connectivity index (χ1n) is 13.2. The van der Waals surface area contributed by atoms with Crippen molar-refractivity contribution in [2.45, 2.75) is 103 Å². The zero-order valence-electron chi connectivity index (χ0n) is 22.2. The molecule has 1 aromatic rings. The molecule has 0 heterocycles. The van der Waals surface area contributed by atoms with Gasteiger partial charge in [0.15, 0.2) is 5.78 Å². The van der Waals surface area contributed by atoms with E-state index in [9.17, 15) is 19.2 Å². The Labute approximate surface area is 215 Å². The number of Topliss-reactive ketones (excluding diaryl/α,β-unsaturated/α-hetero) is 1. The van der Waals surface area contributed by atoms with Gasteiger partial charge in [-0.2, -0.15) is 0 Å². The first-order chi connectivity index (χ1) is 17.3. The molecule has 36 heavy (non-hydrogen) atoms. The van der Waals surface area contributed by atoms with Crippen molar-refractivity contribution in [3.05, 3.63) is 35.9 Å². The summed E-state index contributed by atoms with van der Waals surface area (Å²) in [7, 11) is 1.58. The number of ketones is 1. The zero-order valence-corrected chi connectivity index (χ0v) is 22.2. The molecular weight excluding hydrogens is 460 g/mol. The minimum Gasteiger partial charge on any atom is -0.481 e. The highest BCUT2D eigenvalue weighted by molar-refractivity contribution is 5.93. The topological polar surface area (TPSA) is 113 Å². The van der Waals surface area contributed by atoms with E-state index in [0.29, 0.717) is 6.42 Å². The second kappa shape index (κ2) is 18.5. The highest BCUT2D eigenvalue weighted by Crippen LogP contribution is 2.12. The number of rotatable bonds is 20. The first-order valence-corrected chi connectivity index (χ1v) is 13.2. The number of carbonyl (C=O) groups is 4. The molecule has 2 amide bonds. The number of carboxylic acids is 1. The van der Waals surface area contributed by atoms with Gasteiger partial charge in [-0.3, -0.25) is 19.2 Å². The van der Waals surface area contributed by atoms with Gasteiger partial charge >= 0.3 is 5.97 Å². The molecule has 0 aliphatic carbocycles. The Balaban J connectivity index is 2.64. The van der Waals surface area contributed by atoms with Crippen LogP contribution in [0.2, 0.25) is 0 Å². The zero-order chi connectivity index (χ0) is 26.8. The Morgan fingerprint density at radius 1 is 0.917 bits per heavy atom. The summed E-state index contributed by atoms with van der Waals surface area (Å²) in [4.78, 5) is 50.2. The number of hydrogen-bond donors (Lipinski definition) is 2. The van der Waals surface area contributed by atoms with Crippen molar-refractivity contribution in [3.8, 4) is 0 Å². The maximum Gasteiger partial charge on any atom is 0.303 e. The molecule has 0 spiro atoms. The second-order valence-electron chi connectivity index (χ2n) is 9.34. The lowest BCUT2D eigenvalue weighted by atomic mass is 10.1. The second-order valence-corrected chi connectivity index (χ2v) is 9.34. The lowest BCUT2D eigenvalue weighted by Crippen LogP contribution is -2.53. The van der Waals surface area contributed by atoms with Gasteiger partial charge in [0.2, 0.25) is 11.8 Å². The molecule has 0 aliphatic heterocycles. The summed E-state index contributed by atoms with van der Waals surface area (Å²) in [5, 5.41) is 11.4. The van der Waals surface area contributed by atoms with Gasteiger partial charge in [0, 0.05) is 19.9 Å². The van der Waals surface area contributed by atoms with Gasteiger partial charge in [0.25, 0.3) is 0 Å². The summed E-state index contributed by atoms with van der Waals surface area (Å²) < 4.78 is 5.77. The number of nitrogens with zero attached hydrogens (tertiary/aromatic N) is 1. The monoisotopic (exact) mass is 504 g/mol. The van der Waals surface area contributed by atoms with E-state index in [2.05, 4.69) is 12.2 Å². The van der Waals surface area contributed by atoms with Gasteiger partial charge in [0.1, 0.15) is 6.04 Å². The predicted molar refractivity (Wildman–Crippen MR) is 139 cm³/mol. The van der Waals surface area contributed by atoms with E-state index < -0.39 is 24.0 Å². The third-order valence-electron chi connectivity index (χ3n) is 6.22. The molecule has 1 aromatic carbocycles. The Morgan fingerprint density at radius 2 is 1.53 bits per heavy atom. The Kier molecular flexibility index (Phi) is 16.1. The highest BCUT2D eigenvalue weighted by atomic mass is 16.5. The van der Waals surface area contributed by atoms with Crippen molar-refractivity contribution >= 4 is 23.6 Å². The van der Waals surface area contributed by atoms with Gasteiger partial charge in [-0.05, 0) is 18.9 Å². The fourth-order valence-corrected chi connectivity index (χ4v) is 3.82. The average molecular weight is 505 g/mol. The molecule has 2 atom stereocenters. The number of carboxylic acid groups (broad SMARTS) is 1. The minimum atomic E-state index is -1.07. The molecule has 8 nitrogen and oxygen atoms in total. The van der Waals surface area contributed by atoms with Crippen molar-refractivity contribution in [3.63, 3.8) is 0 Å². The van der Waals surface area contributed by atoms with Crippen LogP contribution in [0.1, 0.15) is 90.0 Å². The number of benzene rings is 1. The SMILES string of the molecule is CCCCCCCCCCC(=O)N(C)[C@H](COCc1ccccc1)C(=O)N[C@H](C)C(=O)CCC(=O)O. The summed E-state index contributed by atoms with van der Waals surface area (Å²) >= 11 is 0. The number of amides is 2. The van der Waals surface area contributed by atoms with Gasteiger partial charge in [-0.15, -0.1) is 0 Å². The third kappa shape index (κ3) is 13.4. The summed E-state index contributed by atoms with van der Waals surface area (Å²) in [6, 6.07) is 7.76. The molecule has 202 valence electrons. The molecule has 0 aliphatic rings. The van der Waals surface area contributed by atoms with E-state index in [-0.39, 0.29) is 37.7 Å². The van der Waals surface area contributed by atoms with E-state index >= 15 is 0 Å². The molecule has 0 fully saturated rings. The molecule has 1 rings (SSSR count). The number of nitrogens with one attached hydrogen (secondary N) is 1. The van der Waals surface area contributed by atoms with Gasteiger partial charge in [-0.25, -0.2) is 0 Å². The summed E-state index contributed by atoms with van der Waals surface area (Å²) in [6.45, 7) is 3.99. The van der Waals surface area contributed by atoms with Crippen LogP contribution in [0.25, 0.3) is 0 Å². The number of carbonyl (C=O) groups excluding carboxylic acids is 3. The van der Waals surface area contributed by atoms with E-state index in [0.717, 1.165) is 24.8 Å². The molecule has 0 saturated heterocycles. The molecule has 0 radical (unpaired) electrons. The molecule has 0 bridgehead atoms. The fraction of sp³-hybridized carbons (Fsp3) is 0.643. The van der Waals surface area contributed by atoms with Crippen LogP contribution in [0.15, 0.2) is 30.3 Å². The van der Waals surface area contributed by atoms with Crippen LogP contribution in [0.4, 0.5) is 0 Å².